The number of hydrogen-bond acceptors (Lipinski definition) is 4. The number of amides is 2. The number of nitrogens with zero attached hydrogens (tertiary/aromatic N) is 1. The second kappa shape index (κ2) is 16.8. The second-order valence-corrected chi connectivity index (χ2v) is 3.59. The molecule has 2 amide bonds. The maximum Gasteiger partial charge on any atom is 0.309 e. The number of rotatable bonds is 3. The van der Waals surface area contributed by atoms with E-state index >= 15 is 0 Å². The van der Waals surface area contributed by atoms with E-state index in [9.17, 15) is 0 Å². The van der Waals surface area contributed by atoms with E-state index in [4.69, 9.17) is 20.1 Å². The predicted molar refractivity (Wildman–Crippen MR) is 57.9 cm³/mol. The van der Waals surface area contributed by atoms with Gasteiger partial charge < -0.3 is 43.7 Å². The number of likely N-dealkylation sites (N-methyl/N-ethyl adjacent to an activating group) is 1. The number of nitrogens with two attached hydrogens (primary N) is 2. The Hall–Kier alpha value is -0.600. The van der Waals surface area contributed by atoms with Gasteiger partial charge in [-0.2, -0.15) is 0 Å². The quantitative estimate of drug-likeness (QED) is 0.325. The van der Waals surface area contributed by atoms with Crippen molar-refractivity contribution in [3.05, 3.63) is 0 Å². The summed E-state index contributed by atoms with van der Waals surface area (Å²) in [7, 11) is 6.16. The molecule has 0 aliphatic heterocycles. The van der Waals surface area contributed by atoms with Gasteiger partial charge in [0.25, 0.3) is 0 Å². The Balaban J connectivity index is -0.0000000700. The summed E-state index contributed by atoms with van der Waals surface area (Å²) in [5.74, 6) is 0. The van der Waals surface area contributed by atoms with E-state index in [0.717, 1.165) is 11.0 Å². The van der Waals surface area contributed by atoms with Crippen LogP contribution in [0.15, 0.2) is 0 Å². The number of carbonyl (C=O) groups is 1. The van der Waals surface area contributed by atoms with E-state index in [0.29, 0.717) is 0 Å². The van der Waals surface area contributed by atoms with Crippen LogP contribution in [-0.4, -0.2) is 73.3 Å². The first-order valence-electron chi connectivity index (χ1n) is 4.39. The maximum atomic E-state index is 9.00. The number of primary amides is 2. The standard InChI is InChI=1S/C5H14NO.C2H6O2.CH4N2O.ClH/c1-6(2,3)4-5-7;3-1-2-4;2-1(3)4;/h7H,4-5H2,1-3H3;3-4H,1-2H2;(H4,2,3,4);1H/q+1;;;/p-1. The van der Waals surface area contributed by atoms with Gasteiger partial charge in [0.1, 0.15) is 6.54 Å². The van der Waals surface area contributed by atoms with E-state index in [1.807, 2.05) is 0 Å². The molecule has 102 valence electrons. The van der Waals surface area contributed by atoms with Crippen LogP contribution in [0, 0.1) is 0 Å². The molecule has 16 heavy (non-hydrogen) atoms. The van der Waals surface area contributed by atoms with Crippen LogP contribution >= 0.6 is 0 Å². The van der Waals surface area contributed by atoms with Crippen molar-refractivity contribution in [2.45, 2.75) is 0 Å². The fourth-order valence-corrected chi connectivity index (χ4v) is 0.300. The number of aliphatic hydroxyl groups excluding tert-OH is 3. The van der Waals surface area contributed by atoms with Gasteiger partial charge in [0, 0.05) is 0 Å². The molecule has 0 saturated heterocycles. The first kappa shape index (κ1) is 24.6. The van der Waals surface area contributed by atoms with Crippen molar-refractivity contribution >= 4 is 6.03 Å². The van der Waals surface area contributed by atoms with Crippen LogP contribution in [-0.2, 0) is 0 Å². The summed E-state index contributed by atoms with van der Waals surface area (Å²) < 4.78 is 0.844. The summed E-state index contributed by atoms with van der Waals surface area (Å²) in [6, 6.07) is -0.833. The molecule has 8 heteroatoms. The SMILES string of the molecule is C[N+](C)(C)CCO.NC(N)=O.OCCO.[Cl-]. The van der Waals surface area contributed by atoms with Crippen LogP contribution < -0.4 is 23.9 Å². The Kier molecular flexibility index (Phi) is 25.8. The average Bonchev–Trinajstić information content (AvgIpc) is 2.01. The van der Waals surface area contributed by atoms with Crippen LogP contribution in [0.4, 0.5) is 4.79 Å². The molecule has 0 bridgehead atoms. The summed E-state index contributed by atoms with van der Waals surface area (Å²) >= 11 is 0. The average molecular weight is 262 g/mol. The summed E-state index contributed by atoms with van der Waals surface area (Å²) in [5, 5.41) is 23.6. The molecule has 7 N–H and O–H groups in total. The topological polar surface area (TPSA) is 130 Å². The minimum Gasteiger partial charge on any atom is -1.00 e. The number of hydrogen-bond donors (Lipinski definition) is 5. The molecule has 0 radical (unpaired) electrons. The molecule has 0 fully saturated rings. The van der Waals surface area contributed by atoms with E-state index in [-0.39, 0.29) is 32.2 Å². The molecule has 0 aliphatic rings. The van der Waals surface area contributed by atoms with Gasteiger partial charge in [-0.15, -0.1) is 0 Å². The lowest BCUT2D eigenvalue weighted by molar-refractivity contribution is -0.870. The molecule has 0 saturated carbocycles. The fourth-order valence-electron chi connectivity index (χ4n) is 0.300. The first-order chi connectivity index (χ1) is 6.71. The Morgan fingerprint density at radius 1 is 1.00 bits per heavy atom. The molecular weight excluding hydrogens is 238 g/mol. The Morgan fingerprint density at radius 2 is 1.25 bits per heavy atom. The van der Waals surface area contributed by atoms with Crippen LogP contribution in [0.3, 0.4) is 0 Å². The van der Waals surface area contributed by atoms with Gasteiger partial charge in [-0.05, 0) is 0 Å². The van der Waals surface area contributed by atoms with E-state index in [2.05, 4.69) is 32.6 Å². The highest BCUT2D eigenvalue weighted by atomic mass is 35.5. The molecule has 7 nitrogen and oxygen atoms in total. The van der Waals surface area contributed by atoms with Gasteiger partial charge in [-0.3, -0.25) is 0 Å². The third-order valence-electron chi connectivity index (χ3n) is 0.871. The van der Waals surface area contributed by atoms with E-state index < -0.39 is 6.03 Å². The van der Waals surface area contributed by atoms with Gasteiger partial charge in [0.05, 0.1) is 41.0 Å². The van der Waals surface area contributed by atoms with Crippen LogP contribution in [0.5, 0.6) is 0 Å². The molecule has 0 atom stereocenters. The van der Waals surface area contributed by atoms with Gasteiger partial charge in [0.15, 0.2) is 0 Å². The van der Waals surface area contributed by atoms with Gasteiger partial charge >= 0.3 is 6.03 Å². The summed E-state index contributed by atoms with van der Waals surface area (Å²) in [4.78, 5) is 9.00. The second-order valence-electron chi connectivity index (χ2n) is 3.59. The molecule has 0 spiro atoms. The van der Waals surface area contributed by atoms with Crippen molar-refractivity contribution in [3.63, 3.8) is 0 Å². The number of halogens is 1. The molecule has 0 heterocycles. The van der Waals surface area contributed by atoms with Crippen molar-refractivity contribution in [2.24, 2.45) is 11.5 Å². The molecule has 0 rings (SSSR count). The zero-order valence-electron chi connectivity index (χ0n) is 10.1. The minimum atomic E-state index is -0.833. The third-order valence-corrected chi connectivity index (χ3v) is 0.871. The van der Waals surface area contributed by atoms with Gasteiger partial charge in [-0.25, -0.2) is 4.79 Å². The monoisotopic (exact) mass is 261 g/mol. The summed E-state index contributed by atoms with van der Waals surface area (Å²) in [5.41, 5.74) is 8.50. The summed E-state index contributed by atoms with van der Waals surface area (Å²) in [6.45, 7) is 0.865. The first-order valence-corrected chi connectivity index (χ1v) is 4.39. The molecule has 0 aliphatic carbocycles. The lowest BCUT2D eigenvalue weighted by Gasteiger charge is -2.21. The van der Waals surface area contributed by atoms with Crippen LogP contribution in [0.1, 0.15) is 0 Å². The molecule has 0 aromatic heterocycles. The van der Waals surface area contributed by atoms with Crippen LogP contribution in [0.25, 0.3) is 0 Å². The van der Waals surface area contributed by atoms with E-state index in [1.165, 1.54) is 0 Å². The van der Waals surface area contributed by atoms with Gasteiger partial charge in [-0.1, -0.05) is 0 Å². The fraction of sp³-hybridized carbons (Fsp3) is 0.875. The van der Waals surface area contributed by atoms with E-state index in [1.54, 1.807) is 0 Å². The van der Waals surface area contributed by atoms with Crippen LogP contribution in [0.2, 0.25) is 0 Å². The smallest absolute Gasteiger partial charge is 0.309 e. The Bertz CT molecular complexity index is 136. The van der Waals surface area contributed by atoms with Crippen molar-refractivity contribution in [3.8, 4) is 0 Å². The summed E-state index contributed by atoms with van der Waals surface area (Å²) in [6.07, 6.45) is 0. The normalized spacial score (nSPS) is 8.62. The number of carbonyl (C=O) groups excluding carboxylic acids is 1. The Labute approximate surface area is 103 Å². The van der Waals surface area contributed by atoms with Gasteiger partial charge in [0.2, 0.25) is 0 Å². The largest absolute Gasteiger partial charge is 1.00 e. The molecular formula is C8H24ClN3O4. The van der Waals surface area contributed by atoms with Crippen molar-refractivity contribution in [1.82, 2.24) is 0 Å². The molecule has 0 aromatic carbocycles. The van der Waals surface area contributed by atoms with Crippen molar-refractivity contribution < 1.29 is 37.0 Å². The lowest BCUT2D eigenvalue weighted by atomic mass is 10.5. The molecule has 0 aromatic rings. The number of urea groups is 1. The zero-order chi connectivity index (χ0) is 12.9. The highest BCUT2D eigenvalue weighted by Gasteiger charge is 2.02. The zero-order valence-corrected chi connectivity index (χ0v) is 10.8. The Morgan fingerprint density at radius 3 is 1.25 bits per heavy atom. The highest BCUT2D eigenvalue weighted by molar-refractivity contribution is 5.69. The molecule has 0 unspecified atom stereocenters. The lowest BCUT2D eigenvalue weighted by Crippen LogP contribution is -3.00. The third kappa shape index (κ3) is 106. The maximum absolute atomic E-state index is 9.00. The predicted octanol–water partition coefficient (Wildman–Crippen LogP) is -5.32. The number of aliphatic hydroxyl groups is 3. The van der Waals surface area contributed by atoms with Crippen molar-refractivity contribution in [2.75, 3.05) is 47.5 Å². The number of quaternary nitrogens is 1. The minimum absolute atomic E-state index is 0. The van der Waals surface area contributed by atoms with Crippen molar-refractivity contribution in [1.29, 1.82) is 0 Å². The highest BCUT2D eigenvalue weighted by Crippen LogP contribution is 1.84.